The second kappa shape index (κ2) is 5.94. The number of ether oxygens (including phenoxy) is 1. The van der Waals surface area contributed by atoms with Crippen molar-refractivity contribution >= 4 is 0 Å². The molecule has 0 amide bonds. The summed E-state index contributed by atoms with van der Waals surface area (Å²) in [6.07, 6.45) is 5.72. The Hall–Kier alpha value is -0.120. The highest BCUT2D eigenvalue weighted by Crippen LogP contribution is 2.42. The molecule has 2 unspecified atom stereocenters. The van der Waals surface area contributed by atoms with E-state index in [2.05, 4.69) is 52.0 Å². The predicted octanol–water partition coefficient (Wildman–Crippen LogP) is 2.90. The van der Waals surface area contributed by atoms with Crippen molar-refractivity contribution in [3.8, 4) is 0 Å². The summed E-state index contributed by atoms with van der Waals surface area (Å²) in [5.74, 6) is 1.46. The maximum atomic E-state index is 6.33. The molecule has 0 bridgehead atoms. The van der Waals surface area contributed by atoms with Gasteiger partial charge in [0, 0.05) is 25.0 Å². The molecule has 0 radical (unpaired) electrons. The maximum absolute atomic E-state index is 6.33. The summed E-state index contributed by atoms with van der Waals surface area (Å²) < 4.78 is 6.33. The van der Waals surface area contributed by atoms with Gasteiger partial charge in [0.05, 0.1) is 11.2 Å². The molecule has 1 saturated heterocycles. The van der Waals surface area contributed by atoms with Crippen molar-refractivity contribution in [2.75, 3.05) is 27.2 Å². The second-order valence-electron chi connectivity index (χ2n) is 8.05. The van der Waals surface area contributed by atoms with Gasteiger partial charge >= 0.3 is 0 Å². The molecule has 1 aliphatic heterocycles. The van der Waals surface area contributed by atoms with Crippen LogP contribution in [0.3, 0.4) is 0 Å². The van der Waals surface area contributed by atoms with Gasteiger partial charge in [-0.15, -0.1) is 0 Å². The standard InChI is InChI=1S/C17H34N2O/c1-16(2)14(15(18-5)17(3,4)20-16)12-19(6)11-13-9-7-8-10-13/h13-15,18H,7-12H2,1-6H3. The third-order valence-electron chi connectivity index (χ3n) is 5.43. The molecule has 118 valence electrons. The minimum atomic E-state index is -0.0862. The van der Waals surface area contributed by atoms with Crippen LogP contribution in [0.25, 0.3) is 0 Å². The van der Waals surface area contributed by atoms with Crippen LogP contribution in [0.4, 0.5) is 0 Å². The normalized spacial score (nSPS) is 33.1. The van der Waals surface area contributed by atoms with E-state index in [0.717, 1.165) is 12.5 Å². The van der Waals surface area contributed by atoms with Crippen LogP contribution in [-0.4, -0.2) is 49.3 Å². The lowest BCUT2D eigenvalue weighted by molar-refractivity contribution is -0.0792. The fourth-order valence-corrected chi connectivity index (χ4v) is 4.62. The molecule has 2 atom stereocenters. The summed E-state index contributed by atoms with van der Waals surface area (Å²) in [5, 5.41) is 3.51. The van der Waals surface area contributed by atoms with Crippen molar-refractivity contribution in [2.24, 2.45) is 11.8 Å². The summed E-state index contributed by atoms with van der Waals surface area (Å²) >= 11 is 0. The Kier molecular flexibility index (Phi) is 4.83. The Balaban J connectivity index is 1.98. The minimum absolute atomic E-state index is 0.0545. The van der Waals surface area contributed by atoms with Gasteiger partial charge in [-0.3, -0.25) is 0 Å². The highest BCUT2D eigenvalue weighted by molar-refractivity contribution is 5.05. The number of hydrogen-bond acceptors (Lipinski definition) is 3. The molecule has 3 heteroatoms. The molecule has 2 fully saturated rings. The van der Waals surface area contributed by atoms with E-state index >= 15 is 0 Å². The van der Waals surface area contributed by atoms with Gasteiger partial charge in [-0.05, 0) is 60.5 Å². The topological polar surface area (TPSA) is 24.5 Å². The Bertz CT molecular complexity index is 321. The van der Waals surface area contributed by atoms with Crippen molar-refractivity contribution < 1.29 is 4.74 Å². The van der Waals surface area contributed by atoms with E-state index < -0.39 is 0 Å². The first kappa shape index (κ1) is 16.3. The molecular weight excluding hydrogens is 248 g/mol. The molecule has 0 aromatic rings. The van der Waals surface area contributed by atoms with Crippen LogP contribution in [-0.2, 0) is 4.74 Å². The highest BCUT2D eigenvalue weighted by atomic mass is 16.5. The molecule has 0 aromatic heterocycles. The van der Waals surface area contributed by atoms with Gasteiger partial charge in [-0.1, -0.05) is 12.8 Å². The fourth-order valence-electron chi connectivity index (χ4n) is 4.62. The first-order chi connectivity index (χ1) is 9.26. The van der Waals surface area contributed by atoms with E-state index in [9.17, 15) is 0 Å². The Labute approximate surface area is 125 Å². The first-order valence-corrected chi connectivity index (χ1v) is 8.32. The van der Waals surface area contributed by atoms with Crippen molar-refractivity contribution in [1.29, 1.82) is 0 Å². The average Bonchev–Trinajstić information content (AvgIpc) is 2.84. The van der Waals surface area contributed by atoms with E-state index in [1.165, 1.54) is 32.2 Å². The molecular formula is C17H34N2O. The highest BCUT2D eigenvalue weighted by Gasteiger charge is 2.53. The lowest BCUT2D eigenvalue weighted by Crippen LogP contribution is -2.49. The monoisotopic (exact) mass is 282 g/mol. The van der Waals surface area contributed by atoms with Gasteiger partial charge < -0.3 is 15.0 Å². The van der Waals surface area contributed by atoms with Crippen molar-refractivity contribution in [3.63, 3.8) is 0 Å². The van der Waals surface area contributed by atoms with Crippen molar-refractivity contribution in [3.05, 3.63) is 0 Å². The molecule has 20 heavy (non-hydrogen) atoms. The SMILES string of the molecule is CNC1C(CN(C)CC2CCCC2)C(C)(C)OC1(C)C. The molecule has 1 aliphatic carbocycles. The molecule has 2 aliphatic rings. The quantitative estimate of drug-likeness (QED) is 0.839. The zero-order valence-electron chi connectivity index (χ0n) is 14.3. The number of hydrogen-bond donors (Lipinski definition) is 1. The Morgan fingerprint density at radius 1 is 1.05 bits per heavy atom. The summed E-state index contributed by atoms with van der Waals surface area (Å²) in [6, 6.07) is 0.420. The van der Waals surface area contributed by atoms with E-state index in [4.69, 9.17) is 4.74 Å². The van der Waals surface area contributed by atoms with E-state index in [1.807, 2.05) is 0 Å². The van der Waals surface area contributed by atoms with Crippen LogP contribution in [0.2, 0.25) is 0 Å². The number of nitrogens with zero attached hydrogens (tertiary/aromatic N) is 1. The minimum Gasteiger partial charge on any atom is -0.368 e. The zero-order chi connectivity index (χ0) is 15.0. The first-order valence-electron chi connectivity index (χ1n) is 8.32. The predicted molar refractivity (Wildman–Crippen MR) is 85.0 cm³/mol. The third kappa shape index (κ3) is 3.37. The van der Waals surface area contributed by atoms with Crippen LogP contribution in [0.5, 0.6) is 0 Å². The van der Waals surface area contributed by atoms with Gasteiger partial charge in [0.15, 0.2) is 0 Å². The van der Waals surface area contributed by atoms with Crippen LogP contribution >= 0.6 is 0 Å². The molecule has 1 heterocycles. The van der Waals surface area contributed by atoms with E-state index in [0.29, 0.717) is 12.0 Å². The maximum Gasteiger partial charge on any atom is 0.0790 e. The lowest BCUT2D eigenvalue weighted by Gasteiger charge is -2.33. The molecule has 0 aromatic carbocycles. The fraction of sp³-hybridized carbons (Fsp3) is 1.00. The average molecular weight is 282 g/mol. The molecule has 0 spiro atoms. The Morgan fingerprint density at radius 3 is 2.20 bits per heavy atom. The van der Waals surface area contributed by atoms with Crippen molar-refractivity contribution in [2.45, 2.75) is 70.6 Å². The van der Waals surface area contributed by atoms with Gasteiger partial charge in [0.1, 0.15) is 0 Å². The summed E-state index contributed by atoms with van der Waals surface area (Å²) in [5.41, 5.74) is -0.141. The number of nitrogens with one attached hydrogen (secondary N) is 1. The number of likely N-dealkylation sites (N-methyl/N-ethyl adjacent to an activating group) is 1. The Morgan fingerprint density at radius 2 is 1.65 bits per heavy atom. The molecule has 1 saturated carbocycles. The van der Waals surface area contributed by atoms with Gasteiger partial charge in [-0.2, -0.15) is 0 Å². The van der Waals surface area contributed by atoms with Gasteiger partial charge in [0.2, 0.25) is 0 Å². The second-order valence-corrected chi connectivity index (χ2v) is 8.05. The summed E-state index contributed by atoms with van der Waals surface area (Å²) in [6.45, 7) is 11.3. The van der Waals surface area contributed by atoms with Crippen LogP contribution in [0.1, 0.15) is 53.4 Å². The third-order valence-corrected chi connectivity index (χ3v) is 5.43. The van der Waals surface area contributed by atoms with Gasteiger partial charge in [0.25, 0.3) is 0 Å². The lowest BCUT2D eigenvalue weighted by atomic mass is 9.82. The van der Waals surface area contributed by atoms with Crippen molar-refractivity contribution in [1.82, 2.24) is 10.2 Å². The number of rotatable bonds is 5. The van der Waals surface area contributed by atoms with E-state index in [1.54, 1.807) is 0 Å². The molecule has 2 rings (SSSR count). The van der Waals surface area contributed by atoms with Crippen LogP contribution in [0.15, 0.2) is 0 Å². The van der Waals surface area contributed by atoms with Crippen LogP contribution in [0, 0.1) is 11.8 Å². The molecule has 3 nitrogen and oxygen atoms in total. The molecule has 1 N–H and O–H groups in total. The van der Waals surface area contributed by atoms with E-state index in [-0.39, 0.29) is 11.2 Å². The van der Waals surface area contributed by atoms with Crippen LogP contribution < -0.4 is 5.32 Å². The largest absolute Gasteiger partial charge is 0.368 e. The smallest absolute Gasteiger partial charge is 0.0790 e. The zero-order valence-corrected chi connectivity index (χ0v) is 14.3. The summed E-state index contributed by atoms with van der Waals surface area (Å²) in [4.78, 5) is 2.54. The van der Waals surface area contributed by atoms with Gasteiger partial charge in [-0.25, -0.2) is 0 Å². The summed E-state index contributed by atoms with van der Waals surface area (Å²) in [7, 11) is 4.35.